The highest BCUT2D eigenvalue weighted by Gasteiger charge is 2.24. The average Bonchev–Trinajstić information content (AvgIpc) is 2.70. The Morgan fingerprint density at radius 2 is 2.10 bits per heavy atom. The number of nitrogens with zero attached hydrogens (tertiary/aromatic N) is 1. The van der Waals surface area contributed by atoms with Crippen LogP contribution in [0.5, 0.6) is 0 Å². The summed E-state index contributed by atoms with van der Waals surface area (Å²) in [5.41, 5.74) is 2.34. The second kappa shape index (κ2) is 6.64. The van der Waals surface area contributed by atoms with Crippen molar-refractivity contribution in [1.82, 2.24) is 5.32 Å². The van der Waals surface area contributed by atoms with Crippen LogP contribution in [-0.4, -0.2) is 30.5 Å². The number of amides is 1. The third kappa shape index (κ3) is 3.18. The molecule has 0 aromatic heterocycles. The van der Waals surface area contributed by atoms with Crippen LogP contribution in [0.25, 0.3) is 0 Å². The van der Waals surface area contributed by atoms with Crippen LogP contribution in [0.1, 0.15) is 24.8 Å². The number of carbonyl (C=O) groups excluding carboxylic acids is 1. The summed E-state index contributed by atoms with van der Waals surface area (Å²) in [4.78, 5) is 14.7. The van der Waals surface area contributed by atoms with Gasteiger partial charge in [-0.1, -0.05) is 18.2 Å². The molecular weight excluding hydrogens is 268 g/mol. The predicted molar refractivity (Wildman–Crippen MR) is 85.2 cm³/mol. The van der Waals surface area contributed by atoms with Crippen LogP contribution >= 0.6 is 11.8 Å². The van der Waals surface area contributed by atoms with Gasteiger partial charge in [-0.05, 0) is 41.9 Å². The minimum Gasteiger partial charge on any atom is -0.311 e. The Morgan fingerprint density at radius 1 is 1.30 bits per heavy atom. The topological polar surface area (TPSA) is 32.3 Å². The number of hydrogen-bond donors (Lipinski definition) is 1. The van der Waals surface area contributed by atoms with E-state index in [0.29, 0.717) is 11.8 Å². The van der Waals surface area contributed by atoms with Crippen molar-refractivity contribution in [2.75, 3.05) is 29.5 Å². The molecule has 3 nitrogen and oxygen atoms in total. The van der Waals surface area contributed by atoms with Gasteiger partial charge in [0.15, 0.2) is 0 Å². The lowest BCUT2D eigenvalue weighted by atomic mass is 9.98. The summed E-state index contributed by atoms with van der Waals surface area (Å²) in [6.07, 6.45) is 3.11. The van der Waals surface area contributed by atoms with E-state index >= 15 is 0 Å². The number of fused-ring (bicyclic) bond motifs is 1. The zero-order valence-corrected chi connectivity index (χ0v) is 12.6. The molecule has 1 saturated heterocycles. The van der Waals surface area contributed by atoms with Gasteiger partial charge in [-0.15, -0.1) is 0 Å². The van der Waals surface area contributed by atoms with Gasteiger partial charge in [0.1, 0.15) is 0 Å². The van der Waals surface area contributed by atoms with Gasteiger partial charge in [0.25, 0.3) is 0 Å². The number of rotatable bonds is 2. The zero-order valence-electron chi connectivity index (χ0n) is 11.8. The lowest BCUT2D eigenvalue weighted by Crippen LogP contribution is -2.36. The molecule has 1 aromatic carbocycles. The Bertz CT molecular complexity index is 471. The van der Waals surface area contributed by atoms with Crippen LogP contribution in [0.2, 0.25) is 0 Å². The molecule has 0 atom stereocenters. The number of anilines is 1. The molecule has 4 heteroatoms. The van der Waals surface area contributed by atoms with Crippen molar-refractivity contribution in [2.24, 2.45) is 5.92 Å². The Morgan fingerprint density at radius 3 is 2.95 bits per heavy atom. The second-order valence-corrected chi connectivity index (χ2v) is 6.84. The van der Waals surface area contributed by atoms with E-state index in [1.54, 1.807) is 0 Å². The third-order valence-electron chi connectivity index (χ3n) is 4.22. The molecule has 1 fully saturated rings. The highest BCUT2D eigenvalue weighted by Crippen LogP contribution is 2.28. The van der Waals surface area contributed by atoms with Gasteiger partial charge in [-0.2, -0.15) is 11.8 Å². The Hall–Kier alpha value is -1.00. The van der Waals surface area contributed by atoms with Gasteiger partial charge in [0.05, 0.1) is 0 Å². The fraction of sp³-hybridized carbons (Fsp3) is 0.562. The van der Waals surface area contributed by atoms with Crippen molar-refractivity contribution >= 4 is 23.4 Å². The number of carbonyl (C=O) groups is 1. The van der Waals surface area contributed by atoms with E-state index in [9.17, 15) is 4.79 Å². The first-order valence-electron chi connectivity index (χ1n) is 7.51. The average molecular weight is 290 g/mol. The van der Waals surface area contributed by atoms with Crippen molar-refractivity contribution in [3.05, 3.63) is 29.8 Å². The molecule has 0 radical (unpaired) electrons. The van der Waals surface area contributed by atoms with Gasteiger partial charge in [-0.25, -0.2) is 0 Å². The number of nitrogens with one attached hydrogen (secondary N) is 1. The summed E-state index contributed by atoms with van der Waals surface area (Å²) < 4.78 is 0. The first-order chi connectivity index (χ1) is 9.84. The molecule has 1 amide bonds. The molecule has 3 rings (SSSR count). The van der Waals surface area contributed by atoms with Crippen molar-refractivity contribution < 1.29 is 4.79 Å². The highest BCUT2D eigenvalue weighted by atomic mass is 32.2. The lowest BCUT2D eigenvalue weighted by Gasteiger charge is -2.26. The summed E-state index contributed by atoms with van der Waals surface area (Å²) >= 11 is 2.02. The van der Waals surface area contributed by atoms with Crippen LogP contribution in [0.15, 0.2) is 24.3 Å². The number of benzene rings is 1. The first-order valence-corrected chi connectivity index (χ1v) is 8.67. The molecule has 1 aromatic rings. The molecule has 0 spiro atoms. The molecule has 0 bridgehead atoms. The van der Waals surface area contributed by atoms with Crippen LogP contribution < -0.4 is 10.2 Å². The molecular formula is C16H22N2OS. The minimum absolute atomic E-state index is 0.304. The quantitative estimate of drug-likeness (QED) is 0.909. The van der Waals surface area contributed by atoms with Gasteiger partial charge in [-0.3, -0.25) is 4.79 Å². The van der Waals surface area contributed by atoms with Crippen molar-refractivity contribution in [1.29, 1.82) is 0 Å². The van der Waals surface area contributed by atoms with E-state index in [1.165, 1.54) is 29.9 Å². The number of hydrogen-bond acceptors (Lipinski definition) is 3. The monoisotopic (exact) mass is 290 g/mol. The van der Waals surface area contributed by atoms with Gasteiger partial charge in [0.2, 0.25) is 5.91 Å². The molecule has 2 heterocycles. The summed E-state index contributed by atoms with van der Waals surface area (Å²) in [7, 11) is 0. The van der Waals surface area contributed by atoms with E-state index in [1.807, 2.05) is 28.8 Å². The number of thioether (sulfide) groups is 1. The maximum atomic E-state index is 12.7. The highest BCUT2D eigenvalue weighted by molar-refractivity contribution is 7.99. The Balaban J connectivity index is 1.73. The molecule has 0 unspecified atom stereocenters. The predicted octanol–water partition coefficient (Wildman–Crippen LogP) is 2.66. The first kappa shape index (κ1) is 14.0. The minimum atomic E-state index is 0.304. The summed E-state index contributed by atoms with van der Waals surface area (Å²) in [6, 6.07) is 8.27. The number of para-hydroxylation sites is 1. The molecule has 2 aliphatic heterocycles. The van der Waals surface area contributed by atoms with Crippen LogP contribution in [0.4, 0.5) is 5.69 Å². The van der Waals surface area contributed by atoms with E-state index in [4.69, 9.17) is 0 Å². The SMILES string of the molecule is O=C(CC1CCSCC1)N1CCNCc2ccccc21. The lowest BCUT2D eigenvalue weighted by molar-refractivity contribution is -0.119. The van der Waals surface area contributed by atoms with Crippen LogP contribution in [0.3, 0.4) is 0 Å². The van der Waals surface area contributed by atoms with E-state index in [0.717, 1.165) is 31.7 Å². The molecule has 20 heavy (non-hydrogen) atoms. The smallest absolute Gasteiger partial charge is 0.227 e. The van der Waals surface area contributed by atoms with Gasteiger partial charge in [0, 0.05) is 31.7 Å². The van der Waals surface area contributed by atoms with E-state index < -0.39 is 0 Å². The Kier molecular flexibility index (Phi) is 4.63. The standard InChI is InChI=1S/C16H22N2OS/c19-16(11-13-5-9-20-10-6-13)18-8-7-17-12-14-3-1-2-4-15(14)18/h1-4,13,17H,5-12H2. The molecule has 108 valence electrons. The zero-order chi connectivity index (χ0) is 13.8. The fourth-order valence-electron chi connectivity index (χ4n) is 3.02. The fourth-order valence-corrected chi connectivity index (χ4v) is 4.23. The summed E-state index contributed by atoms with van der Waals surface area (Å²) in [6.45, 7) is 2.53. The van der Waals surface area contributed by atoms with Crippen molar-refractivity contribution in [2.45, 2.75) is 25.8 Å². The normalized spacial score (nSPS) is 20.3. The van der Waals surface area contributed by atoms with Crippen molar-refractivity contribution in [3.63, 3.8) is 0 Å². The second-order valence-electron chi connectivity index (χ2n) is 5.61. The van der Waals surface area contributed by atoms with Crippen LogP contribution in [0, 0.1) is 5.92 Å². The van der Waals surface area contributed by atoms with Gasteiger partial charge < -0.3 is 10.2 Å². The van der Waals surface area contributed by atoms with Crippen molar-refractivity contribution in [3.8, 4) is 0 Å². The molecule has 2 aliphatic rings. The maximum Gasteiger partial charge on any atom is 0.227 e. The summed E-state index contributed by atoms with van der Waals surface area (Å²) in [5.74, 6) is 3.33. The Labute approximate surface area is 125 Å². The molecule has 0 saturated carbocycles. The summed E-state index contributed by atoms with van der Waals surface area (Å²) in [5, 5.41) is 3.39. The van der Waals surface area contributed by atoms with E-state index in [-0.39, 0.29) is 0 Å². The largest absolute Gasteiger partial charge is 0.311 e. The van der Waals surface area contributed by atoms with Gasteiger partial charge >= 0.3 is 0 Å². The maximum absolute atomic E-state index is 12.7. The molecule has 1 N–H and O–H groups in total. The third-order valence-corrected chi connectivity index (χ3v) is 5.26. The van der Waals surface area contributed by atoms with E-state index in [2.05, 4.69) is 17.4 Å². The molecule has 0 aliphatic carbocycles. The van der Waals surface area contributed by atoms with Crippen LogP contribution in [-0.2, 0) is 11.3 Å².